The van der Waals surface area contributed by atoms with Crippen LogP contribution in [0.3, 0.4) is 0 Å². The van der Waals surface area contributed by atoms with Crippen molar-refractivity contribution in [3.8, 4) is 6.07 Å². The van der Waals surface area contributed by atoms with Gasteiger partial charge in [0.15, 0.2) is 0 Å². The molecular formula is C13H23N3. The van der Waals surface area contributed by atoms with Crippen molar-refractivity contribution in [2.24, 2.45) is 0 Å². The van der Waals surface area contributed by atoms with E-state index in [1.807, 2.05) is 0 Å². The molecule has 0 aromatic heterocycles. The fraction of sp³-hybridized carbons (Fsp3) is 0.923. The zero-order valence-corrected chi connectivity index (χ0v) is 10.3. The Morgan fingerprint density at radius 3 is 2.56 bits per heavy atom. The topological polar surface area (TPSA) is 39.1 Å². The van der Waals surface area contributed by atoms with Crippen molar-refractivity contribution in [2.75, 3.05) is 19.6 Å². The average Bonchev–Trinajstić information content (AvgIpc) is 3.12. The molecule has 2 aliphatic rings. The normalized spacial score (nSPS) is 26.0. The predicted octanol–water partition coefficient (Wildman–Crippen LogP) is 1.90. The van der Waals surface area contributed by atoms with E-state index >= 15 is 0 Å². The van der Waals surface area contributed by atoms with Gasteiger partial charge in [0.1, 0.15) is 5.54 Å². The van der Waals surface area contributed by atoms with Crippen LogP contribution in [0, 0.1) is 11.3 Å². The van der Waals surface area contributed by atoms with Crippen LogP contribution < -0.4 is 5.32 Å². The number of nitrogens with zero attached hydrogens (tertiary/aromatic N) is 2. The Bertz CT molecular complexity index is 261. The third-order valence-electron chi connectivity index (χ3n) is 3.72. The van der Waals surface area contributed by atoms with Crippen molar-refractivity contribution < 1.29 is 0 Å². The molecular weight excluding hydrogens is 198 g/mol. The average molecular weight is 221 g/mol. The monoisotopic (exact) mass is 221 g/mol. The molecule has 1 aliphatic heterocycles. The van der Waals surface area contributed by atoms with Crippen molar-refractivity contribution >= 4 is 0 Å². The van der Waals surface area contributed by atoms with Crippen molar-refractivity contribution in [1.82, 2.24) is 10.2 Å². The lowest BCUT2D eigenvalue weighted by atomic mass is 9.98. The summed E-state index contributed by atoms with van der Waals surface area (Å²) in [5.74, 6) is 0. The number of piperidine rings is 1. The first-order valence-corrected chi connectivity index (χ1v) is 6.63. The summed E-state index contributed by atoms with van der Waals surface area (Å²) < 4.78 is 0. The first kappa shape index (κ1) is 11.9. The molecule has 2 rings (SSSR count). The molecule has 1 aliphatic carbocycles. The van der Waals surface area contributed by atoms with Crippen LogP contribution in [0.5, 0.6) is 0 Å². The van der Waals surface area contributed by atoms with E-state index in [4.69, 9.17) is 0 Å². The fourth-order valence-corrected chi connectivity index (χ4v) is 2.40. The Kier molecular flexibility index (Phi) is 3.83. The van der Waals surface area contributed by atoms with E-state index in [0.717, 1.165) is 13.0 Å². The van der Waals surface area contributed by atoms with Crippen LogP contribution in [0.1, 0.15) is 45.4 Å². The van der Waals surface area contributed by atoms with E-state index in [-0.39, 0.29) is 5.54 Å². The summed E-state index contributed by atoms with van der Waals surface area (Å²) in [6.45, 7) is 5.58. The van der Waals surface area contributed by atoms with Gasteiger partial charge in [-0.3, -0.25) is 5.32 Å². The highest BCUT2D eigenvalue weighted by atomic mass is 15.1. The lowest BCUT2D eigenvalue weighted by molar-refractivity contribution is 0.208. The lowest BCUT2D eigenvalue weighted by Crippen LogP contribution is -2.45. The van der Waals surface area contributed by atoms with Gasteiger partial charge in [-0.25, -0.2) is 0 Å². The van der Waals surface area contributed by atoms with Crippen LogP contribution >= 0.6 is 0 Å². The number of nitriles is 1. The summed E-state index contributed by atoms with van der Waals surface area (Å²) in [6.07, 6.45) is 7.51. The summed E-state index contributed by atoms with van der Waals surface area (Å²) in [5.41, 5.74) is -0.307. The highest BCUT2D eigenvalue weighted by Crippen LogP contribution is 2.24. The van der Waals surface area contributed by atoms with Gasteiger partial charge in [-0.1, -0.05) is 6.42 Å². The molecule has 3 heteroatoms. The molecule has 0 radical (unpaired) electrons. The van der Waals surface area contributed by atoms with Crippen LogP contribution in [0.4, 0.5) is 0 Å². The minimum atomic E-state index is -0.307. The molecule has 1 atom stereocenters. The minimum absolute atomic E-state index is 0.307. The third-order valence-corrected chi connectivity index (χ3v) is 3.72. The molecule has 0 amide bonds. The Morgan fingerprint density at radius 2 is 2.00 bits per heavy atom. The number of likely N-dealkylation sites (tertiary alicyclic amines) is 1. The van der Waals surface area contributed by atoms with E-state index in [1.165, 1.54) is 45.2 Å². The molecule has 0 aromatic carbocycles. The van der Waals surface area contributed by atoms with Crippen molar-refractivity contribution in [2.45, 2.75) is 57.0 Å². The number of nitrogens with one attached hydrogen (secondary N) is 1. The molecule has 0 spiro atoms. The molecule has 1 saturated carbocycles. The van der Waals surface area contributed by atoms with Crippen molar-refractivity contribution in [3.05, 3.63) is 0 Å². The highest BCUT2D eigenvalue weighted by Gasteiger charge is 2.32. The van der Waals surface area contributed by atoms with Crippen LogP contribution in [-0.2, 0) is 0 Å². The SMILES string of the molecule is CC(C#N)(CCN1CCCCC1)NC1CC1. The van der Waals surface area contributed by atoms with Gasteiger partial charge in [0.25, 0.3) is 0 Å². The molecule has 1 unspecified atom stereocenters. The van der Waals surface area contributed by atoms with E-state index in [9.17, 15) is 5.26 Å². The second kappa shape index (κ2) is 5.16. The lowest BCUT2D eigenvalue weighted by Gasteiger charge is -2.30. The third kappa shape index (κ3) is 3.47. The molecule has 0 aromatic rings. The molecule has 1 N–H and O–H groups in total. The largest absolute Gasteiger partial charge is 0.303 e. The van der Waals surface area contributed by atoms with Gasteiger partial charge in [0.2, 0.25) is 0 Å². The molecule has 90 valence electrons. The number of hydrogen-bond donors (Lipinski definition) is 1. The van der Waals surface area contributed by atoms with Crippen LogP contribution in [-0.4, -0.2) is 36.1 Å². The van der Waals surface area contributed by atoms with Crippen molar-refractivity contribution in [3.63, 3.8) is 0 Å². The summed E-state index contributed by atoms with van der Waals surface area (Å²) in [6, 6.07) is 3.07. The van der Waals surface area contributed by atoms with Gasteiger partial charge in [0, 0.05) is 12.6 Å². The van der Waals surface area contributed by atoms with Gasteiger partial charge in [-0.15, -0.1) is 0 Å². The zero-order chi connectivity index (χ0) is 11.4. The van der Waals surface area contributed by atoms with E-state index in [1.54, 1.807) is 0 Å². The Balaban J connectivity index is 1.74. The molecule has 1 saturated heterocycles. The first-order valence-electron chi connectivity index (χ1n) is 6.63. The molecule has 2 fully saturated rings. The van der Waals surface area contributed by atoms with Gasteiger partial charge >= 0.3 is 0 Å². The molecule has 3 nitrogen and oxygen atoms in total. The van der Waals surface area contributed by atoms with E-state index in [2.05, 4.69) is 23.2 Å². The summed E-state index contributed by atoms with van der Waals surface area (Å²) in [5, 5.41) is 12.7. The second-order valence-corrected chi connectivity index (χ2v) is 5.51. The fourth-order valence-electron chi connectivity index (χ4n) is 2.40. The van der Waals surface area contributed by atoms with Gasteiger partial charge in [-0.05, 0) is 52.1 Å². The molecule has 0 bridgehead atoms. The van der Waals surface area contributed by atoms with Crippen LogP contribution in [0.15, 0.2) is 0 Å². The summed E-state index contributed by atoms with van der Waals surface area (Å²) >= 11 is 0. The summed E-state index contributed by atoms with van der Waals surface area (Å²) in [7, 11) is 0. The predicted molar refractivity (Wildman–Crippen MR) is 65.1 cm³/mol. The van der Waals surface area contributed by atoms with Gasteiger partial charge in [0.05, 0.1) is 6.07 Å². The maximum absolute atomic E-state index is 9.26. The minimum Gasteiger partial charge on any atom is -0.303 e. The Labute approximate surface area is 98.8 Å². The van der Waals surface area contributed by atoms with Gasteiger partial charge < -0.3 is 4.90 Å². The Hall–Kier alpha value is -0.590. The smallest absolute Gasteiger partial charge is 0.105 e. The quantitative estimate of drug-likeness (QED) is 0.770. The maximum Gasteiger partial charge on any atom is 0.105 e. The summed E-state index contributed by atoms with van der Waals surface area (Å²) in [4.78, 5) is 2.51. The molecule has 16 heavy (non-hydrogen) atoms. The van der Waals surface area contributed by atoms with Crippen LogP contribution in [0.25, 0.3) is 0 Å². The van der Waals surface area contributed by atoms with Gasteiger partial charge in [-0.2, -0.15) is 5.26 Å². The standard InChI is InChI=1S/C13H23N3/c1-13(11-14,15-12-5-6-12)7-10-16-8-3-2-4-9-16/h12,15H,2-10H2,1H3. The number of rotatable bonds is 5. The highest BCUT2D eigenvalue weighted by molar-refractivity contribution is 5.07. The van der Waals surface area contributed by atoms with E-state index in [0.29, 0.717) is 6.04 Å². The zero-order valence-electron chi connectivity index (χ0n) is 10.3. The molecule has 1 heterocycles. The van der Waals surface area contributed by atoms with E-state index < -0.39 is 0 Å². The van der Waals surface area contributed by atoms with Crippen LogP contribution in [0.2, 0.25) is 0 Å². The second-order valence-electron chi connectivity index (χ2n) is 5.51. The Morgan fingerprint density at radius 1 is 1.31 bits per heavy atom. The first-order chi connectivity index (χ1) is 7.72. The number of hydrogen-bond acceptors (Lipinski definition) is 3. The van der Waals surface area contributed by atoms with Crippen molar-refractivity contribution in [1.29, 1.82) is 5.26 Å². The maximum atomic E-state index is 9.26.